The normalized spacial score (nSPS) is 11.1. The van der Waals surface area contributed by atoms with Crippen molar-refractivity contribution in [2.75, 3.05) is 0 Å². The molecule has 0 amide bonds. The summed E-state index contributed by atoms with van der Waals surface area (Å²) in [7, 11) is 0. The molecule has 2 heterocycles. The van der Waals surface area contributed by atoms with Gasteiger partial charge >= 0.3 is 5.97 Å². The minimum Gasteiger partial charge on any atom is -0.477 e. The Balaban J connectivity index is 2.15. The fourth-order valence-corrected chi connectivity index (χ4v) is 2.55. The minimum atomic E-state index is -0.892. The summed E-state index contributed by atoms with van der Waals surface area (Å²) >= 11 is 0. The molecule has 4 nitrogen and oxygen atoms in total. The van der Waals surface area contributed by atoms with Crippen molar-refractivity contribution < 1.29 is 9.90 Å². The molecular weight excluding hydrogens is 252 g/mol. The lowest BCUT2D eigenvalue weighted by Crippen LogP contribution is -2.15. The Morgan fingerprint density at radius 2 is 1.80 bits per heavy atom. The first-order valence-electron chi connectivity index (χ1n) is 6.71. The van der Waals surface area contributed by atoms with E-state index < -0.39 is 5.97 Å². The number of nitrogens with zero attached hydrogens (tertiary/aromatic N) is 2. The molecule has 0 atom stereocenters. The topological polar surface area (TPSA) is 47.2 Å². The zero-order valence-electron chi connectivity index (χ0n) is 11.3. The summed E-state index contributed by atoms with van der Waals surface area (Å²) in [5.74, 6) is -0.892. The van der Waals surface area contributed by atoms with E-state index in [0.717, 1.165) is 29.2 Å². The Morgan fingerprint density at radius 3 is 2.35 bits per heavy atom. The van der Waals surface area contributed by atoms with Crippen molar-refractivity contribution in [3.8, 4) is 0 Å². The van der Waals surface area contributed by atoms with Gasteiger partial charge in [0, 0.05) is 29.4 Å². The predicted octanol–water partition coefficient (Wildman–Crippen LogP) is 3.40. The van der Waals surface area contributed by atoms with E-state index in [1.54, 1.807) is 4.68 Å². The van der Waals surface area contributed by atoms with Crippen LogP contribution in [-0.2, 0) is 6.42 Å². The number of benzene rings is 1. The molecule has 0 unspecified atom stereocenters. The highest BCUT2D eigenvalue weighted by Gasteiger charge is 2.16. The van der Waals surface area contributed by atoms with Crippen molar-refractivity contribution in [2.45, 2.75) is 19.8 Å². The van der Waals surface area contributed by atoms with E-state index in [1.807, 2.05) is 60.5 Å². The first kappa shape index (κ1) is 12.5. The zero-order valence-corrected chi connectivity index (χ0v) is 11.3. The Kier molecular flexibility index (Phi) is 3.06. The summed E-state index contributed by atoms with van der Waals surface area (Å²) in [5.41, 5.74) is 1.21. The summed E-state index contributed by atoms with van der Waals surface area (Å²) in [6, 6.07) is 9.87. The third-order valence-electron chi connectivity index (χ3n) is 3.46. The van der Waals surface area contributed by atoms with E-state index >= 15 is 0 Å². The molecule has 0 radical (unpaired) electrons. The van der Waals surface area contributed by atoms with Crippen molar-refractivity contribution in [3.05, 3.63) is 60.2 Å². The van der Waals surface area contributed by atoms with Gasteiger partial charge in [-0.05, 0) is 18.1 Å². The van der Waals surface area contributed by atoms with Gasteiger partial charge in [0.15, 0.2) is 5.69 Å². The highest BCUT2D eigenvalue weighted by molar-refractivity contribution is 5.88. The fraction of sp³-hybridized carbons (Fsp3) is 0.188. The number of rotatable bonds is 4. The van der Waals surface area contributed by atoms with Gasteiger partial charge in [-0.15, -0.1) is 0 Å². The molecule has 0 aliphatic carbocycles. The van der Waals surface area contributed by atoms with Crippen LogP contribution in [0.5, 0.6) is 0 Å². The Labute approximate surface area is 116 Å². The van der Waals surface area contributed by atoms with Gasteiger partial charge in [-0.3, -0.25) is 4.68 Å². The molecular formula is C16H16N2O2. The van der Waals surface area contributed by atoms with Crippen LogP contribution in [0.15, 0.2) is 48.9 Å². The molecule has 102 valence electrons. The van der Waals surface area contributed by atoms with Crippen LogP contribution in [0.1, 0.15) is 29.4 Å². The third kappa shape index (κ3) is 1.99. The molecule has 2 aromatic heterocycles. The highest BCUT2D eigenvalue weighted by Crippen LogP contribution is 2.19. The van der Waals surface area contributed by atoms with E-state index in [-0.39, 0.29) is 0 Å². The summed E-state index contributed by atoms with van der Waals surface area (Å²) < 4.78 is 3.51. The lowest BCUT2D eigenvalue weighted by atomic mass is 10.1. The van der Waals surface area contributed by atoms with Crippen molar-refractivity contribution >= 4 is 16.7 Å². The lowest BCUT2D eigenvalue weighted by molar-refractivity contribution is 0.0682. The number of carboxylic acid groups (broad SMARTS) is 1. The average Bonchev–Trinajstić information content (AvgIpc) is 3.01. The predicted molar refractivity (Wildman–Crippen MR) is 78.1 cm³/mol. The molecule has 0 saturated carbocycles. The van der Waals surface area contributed by atoms with E-state index in [4.69, 9.17) is 0 Å². The first-order chi connectivity index (χ1) is 9.70. The maximum Gasteiger partial charge on any atom is 0.354 e. The third-order valence-corrected chi connectivity index (χ3v) is 3.46. The summed E-state index contributed by atoms with van der Waals surface area (Å²) in [5, 5.41) is 11.6. The lowest BCUT2D eigenvalue weighted by Gasteiger charge is -2.08. The van der Waals surface area contributed by atoms with Gasteiger partial charge in [-0.25, -0.2) is 9.47 Å². The van der Waals surface area contributed by atoms with E-state index in [0.29, 0.717) is 5.69 Å². The van der Waals surface area contributed by atoms with Gasteiger partial charge in [0.25, 0.3) is 0 Å². The van der Waals surface area contributed by atoms with Gasteiger partial charge < -0.3 is 5.11 Å². The van der Waals surface area contributed by atoms with Gasteiger partial charge in [0.2, 0.25) is 0 Å². The standard InChI is InChI=1S/C16H16N2O2/c1-2-5-12-8-9-18(15(12)16(19)20)17-10-13-6-3-4-7-14(13)11-17/h3-4,6-11H,2,5H2,1H3,(H,19,20). The number of hydrogen-bond acceptors (Lipinski definition) is 1. The Bertz CT molecular complexity index is 735. The van der Waals surface area contributed by atoms with Crippen LogP contribution in [-0.4, -0.2) is 20.4 Å². The van der Waals surface area contributed by atoms with Crippen molar-refractivity contribution in [1.82, 2.24) is 9.35 Å². The van der Waals surface area contributed by atoms with E-state index in [1.165, 1.54) is 0 Å². The SMILES string of the molecule is CCCc1ccn(-n2cc3ccccc3c2)c1C(=O)O. The number of hydrogen-bond donors (Lipinski definition) is 1. The summed E-state index contributed by atoms with van der Waals surface area (Å²) in [6.45, 7) is 2.05. The second kappa shape index (κ2) is 4.89. The average molecular weight is 268 g/mol. The van der Waals surface area contributed by atoms with E-state index in [9.17, 15) is 9.90 Å². The van der Waals surface area contributed by atoms with Crippen LogP contribution >= 0.6 is 0 Å². The molecule has 0 saturated heterocycles. The molecule has 0 fully saturated rings. The van der Waals surface area contributed by atoms with Crippen molar-refractivity contribution in [3.63, 3.8) is 0 Å². The molecule has 20 heavy (non-hydrogen) atoms. The first-order valence-corrected chi connectivity index (χ1v) is 6.71. The van der Waals surface area contributed by atoms with Crippen molar-refractivity contribution in [1.29, 1.82) is 0 Å². The molecule has 0 spiro atoms. The number of fused-ring (bicyclic) bond motifs is 1. The largest absolute Gasteiger partial charge is 0.477 e. The quantitative estimate of drug-likeness (QED) is 0.788. The maximum absolute atomic E-state index is 11.5. The molecule has 3 rings (SSSR count). The van der Waals surface area contributed by atoms with Gasteiger partial charge in [0.1, 0.15) is 0 Å². The Morgan fingerprint density at radius 1 is 1.15 bits per heavy atom. The molecule has 0 aliphatic rings. The zero-order chi connectivity index (χ0) is 14.1. The van der Waals surface area contributed by atoms with Crippen LogP contribution < -0.4 is 0 Å². The van der Waals surface area contributed by atoms with Crippen LogP contribution in [0.4, 0.5) is 0 Å². The smallest absolute Gasteiger partial charge is 0.354 e. The minimum absolute atomic E-state index is 0.340. The molecule has 0 aliphatic heterocycles. The molecule has 4 heteroatoms. The number of aryl methyl sites for hydroxylation is 1. The van der Waals surface area contributed by atoms with Gasteiger partial charge in [-0.2, -0.15) is 0 Å². The van der Waals surface area contributed by atoms with Crippen LogP contribution in [0.2, 0.25) is 0 Å². The van der Waals surface area contributed by atoms with Gasteiger partial charge in [-0.1, -0.05) is 37.6 Å². The van der Waals surface area contributed by atoms with Crippen molar-refractivity contribution in [2.24, 2.45) is 0 Å². The maximum atomic E-state index is 11.5. The van der Waals surface area contributed by atoms with Gasteiger partial charge in [0.05, 0.1) is 0 Å². The van der Waals surface area contributed by atoms with Crippen LogP contribution in [0.3, 0.4) is 0 Å². The highest BCUT2D eigenvalue weighted by atomic mass is 16.4. The summed E-state index contributed by atoms with van der Waals surface area (Å²) in [4.78, 5) is 11.5. The van der Waals surface area contributed by atoms with Crippen LogP contribution in [0, 0.1) is 0 Å². The Hall–Kier alpha value is -2.49. The number of carboxylic acids is 1. The molecule has 1 N–H and O–H groups in total. The summed E-state index contributed by atoms with van der Waals surface area (Å²) in [6.07, 6.45) is 7.40. The second-order valence-electron chi connectivity index (χ2n) is 4.86. The molecule has 3 aromatic rings. The van der Waals surface area contributed by atoms with Crippen LogP contribution in [0.25, 0.3) is 10.8 Å². The number of aromatic carboxylic acids is 1. The second-order valence-corrected chi connectivity index (χ2v) is 4.86. The molecule has 1 aromatic carbocycles. The number of aromatic nitrogens is 2. The van der Waals surface area contributed by atoms with E-state index in [2.05, 4.69) is 0 Å². The fourth-order valence-electron chi connectivity index (χ4n) is 2.55. The monoisotopic (exact) mass is 268 g/mol. The number of carbonyl (C=O) groups is 1. The molecule has 0 bridgehead atoms.